The number of allylic oxidation sites excluding steroid dienone is 10. The number of hydrogen-bond donors (Lipinski definition) is 0. The van der Waals surface area contributed by atoms with E-state index in [4.69, 9.17) is 11.6 Å². The number of nitrogens with zero attached hydrogens (tertiary/aromatic N) is 2. The molecule has 0 saturated heterocycles. The van der Waals surface area contributed by atoms with Gasteiger partial charge >= 0.3 is 0 Å². The van der Waals surface area contributed by atoms with Crippen molar-refractivity contribution in [3.63, 3.8) is 0 Å². The van der Waals surface area contributed by atoms with Crippen LogP contribution in [-0.4, -0.2) is 29.4 Å². The van der Waals surface area contributed by atoms with Crippen molar-refractivity contribution in [1.29, 1.82) is 0 Å². The number of likely N-dealkylation sites (N-methyl/N-ethyl adjacent to an activating group) is 2. The van der Waals surface area contributed by atoms with Gasteiger partial charge in [0.2, 0.25) is 0 Å². The first-order chi connectivity index (χ1) is 17.7. The van der Waals surface area contributed by atoms with Crippen LogP contribution in [0.2, 0.25) is 0 Å². The van der Waals surface area contributed by atoms with Crippen molar-refractivity contribution < 1.29 is 4.58 Å². The molecule has 2 aliphatic heterocycles. The Hall–Kier alpha value is -2.58. The van der Waals surface area contributed by atoms with E-state index >= 15 is 0 Å². The number of benzene rings is 1. The molecule has 2 heterocycles. The zero-order valence-corrected chi connectivity index (χ0v) is 24.2. The Balaban J connectivity index is 1.47. The van der Waals surface area contributed by atoms with Crippen molar-refractivity contribution in [2.75, 3.05) is 18.0 Å². The average Bonchev–Trinajstić information content (AvgIpc) is 3.25. The Morgan fingerprint density at radius 3 is 2.57 bits per heavy atom. The Bertz CT molecular complexity index is 1310. The first-order valence-electron chi connectivity index (χ1n) is 14.1. The SMILES string of the molecule is CCN1C(=CC=C2CCCC(C=CC3=[N+](CC)C4CC=CC=C4C3(C)C)=C2Cl)C(C)(C)c2ccccc21. The van der Waals surface area contributed by atoms with E-state index < -0.39 is 0 Å². The molecule has 2 nitrogen and oxygen atoms in total. The monoisotopic (exact) mass is 513 g/mol. The first kappa shape index (κ1) is 26.0. The maximum atomic E-state index is 7.09. The predicted molar refractivity (Wildman–Crippen MR) is 160 cm³/mol. The second kappa shape index (κ2) is 9.95. The molecule has 0 amide bonds. The smallest absolute Gasteiger partial charge is 0.186 e. The predicted octanol–water partition coefficient (Wildman–Crippen LogP) is 8.62. The molecule has 0 radical (unpaired) electrons. The number of anilines is 1. The Morgan fingerprint density at radius 2 is 1.81 bits per heavy atom. The van der Waals surface area contributed by atoms with Gasteiger partial charge in [0.15, 0.2) is 11.8 Å². The van der Waals surface area contributed by atoms with E-state index in [1.807, 2.05) is 0 Å². The summed E-state index contributed by atoms with van der Waals surface area (Å²) in [5, 5.41) is 0.938. The highest BCUT2D eigenvalue weighted by Gasteiger charge is 2.49. The lowest BCUT2D eigenvalue weighted by molar-refractivity contribution is -0.546. The van der Waals surface area contributed by atoms with E-state index in [-0.39, 0.29) is 10.8 Å². The van der Waals surface area contributed by atoms with Crippen LogP contribution in [0.5, 0.6) is 0 Å². The third-order valence-electron chi connectivity index (χ3n) is 8.98. The fourth-order valence-electron chi connectivity index (χ4n) is 6.96. The van der Waals surface area contributed by atoms with Crippen LogP contribution >= 0.6 is 11.6 Å². The largest absolute Gasteiger partial charge is 0.344 e. The van der Waals surface area contributed by atoms with Gasteiger partial charge in [0.1, 0.15) is 6.54 Å². The summed E-state index contributed by atoms with van der Waals surface area (Å²) in [6.45, 7) is 15.9. The van der Waals surface area contributed by atoms with Crippen molar-refractivity contribution in [2.24, 2.45) is 5.41 Å². The minimum atomic E-state index is -0.0219. The van der Waals surface area contributed by atoms with Crippen LogP contribution < -0.4 is 4.90 Å². The Kier molecular flexibility index (Phi) is 7.00. The molecule has 0 saturated carbocycles. The number of hydrogen-bond acceptors (Lipinski definition) is 1. The molecule has 4 aliphatic rings. The fraction of sp³-hybridized carbons (Fsp3) is 0.441. The normalized spacial score (nSPS) is 26.5. The summed E-state index contributed by atoms with van der Waals surface area (Å²) in [5.41, 5.74) is 9.57. The summed E-state index contributed by atoms with van der Waals surface area (Å²) in [4.78, 5) is 2.45. The number of fused-ring (bicyclic) bond motifs is 2. The van der Waals surface area contributed by atoms with E-state index in [9.17, 15) is 0 Å². The molecule has 0 bridgehead atoms. The quantitative estimate of drug-likeness (QED) is 0.357. The van der Waals surface area contributed by atoms with Crippen molar-refractivity contribution in [3.05, 3.63) is 99.8 Å². The molecule has 1 aromatic carbocycles. The molecule has 37 heavy (non-hydrogen) atoms. The molecular weight excluding hydrogens is 472 g/mol. The maximum Gasteiger partial charge on any atom is 0.186 e. The molecule has 0 spiro atoms. The van der Waals surface area contributed by atoms with Gasteiger partial charge in [-0.2, -0.15) is 0 Å². The maximum absolute atomic E-state index is 7.09. The standard InChI is InChI=1S/C34H42ClN2/c1-7-36-28-18-11-9-16-26(28)33(3,4)30(36)22-20-24-14-13-15-25(32(24)35)21-23-31-34(5,6)27-17-10-12-19-29(27)37(31)8-2/h9-12,16-18,20-23,29H,7-8,13-15,19H2,1-6H3/q+1. The summed E-state index contributed by atoms with van der Waals surface area (Å²) >= 11 is 7.09. The topological polar surface area (TPSA) is 6.25 Å². The van der Waals surface area contributed by atoms with Gasteiger partial charge in [0.25, 0.3) is 0 Å². The van der Waals surface area contributed by atoms with E-state index in [2.05, 4.69) is 118 Å². The van der Waals surface area contributed by atoms with E-state index in [0.29, 0.717) is 6.04 Å². The zero-order valence-electron chi connectivity index (χ0n) is 23.4. The van der Waals surface area contributed by atoms with Crippen LogP contribution in [0.3, 0.4) is 0 Å². The lowest BCUT2D eigenvalue weighted by Crippen LogP contribution is -2.25. The highest BCUT2D eigenvalue weighted by molar-refractivity contribution is 6.32. The third kappa shape index (κ3) is 4.32. The number of halogens is 1. The van der Waals surface area contributed by atoms with Crippen molar-refractivity contribution in [3.8, 4) is 0 Å². The highest BCUT2D eigenvalue weighted by atomic mass is 35.5. The molecule has 0 aromatic heterocycles. The summed E-state index contributed by atoms with van der Waals surface area (Å²) in [6.07, 6.45) is 20.4. The van der Waals surface area contributed by atoms with Gasteiger partial charge in [0, 0.05) is 46.4 Å². The molecule has 5 rings (SSSR count). The lowest BCUT2D eigenvalue weighted by Gasteiger charge is -2.26. The van der Waals surface area contributed by atoms with E-state index in [1.165, 1.54) is 39.4 Å². The second-order valence-electron chi connectivity index (χ2n) is 11.8. The van der Waals surface area contributed by atoms with Crippen LogP contribution in [-0.2, 0) is 5.41 Å². The van der Waals surface area contributed by atoms with Crippen LogP contribution in [0.1, 0.15) is 72.8 Å². The average molecular weight is 514 g/mol. The molecule has 0 N–H and O–H groups in total. The van der Waals surface area contributed by atoms with Gasteiger partial charge in [-0.25, -0.2) is 4.58 Å². The molecule has 1 unspecified atom stereocenters. The molecule has 1 aromatic rings. The summed E-state index contributed by atoms with van der Waals surface area (Å²) in [5.74, 6) is 0. The van der Waals surface area contributed by atoms with Gasteiger partial charge in [0.05, 0.1) is 5.41 Å². The number of rotatable bonds is 5. The van der Waals surface area contributed by atoms with E-state index in [1.54, 1.807) is 0 Å². The van der Waals surface area contributed by atoms with Crippen molar-refractivity contribution >= 4 is 23.0 Å². The van der Waals surface area contributed by atoms with Crippen molar-refractivity contribution in [2.45, 2.75) is 78.7 Å². The summed E-state index contributed by atoms with van der Waals surface area (Å²) in [6, 6.07) is 9.30. The lowest BCUT2D eigenvalue weighted by atomic mass is 9.77. The van der Waals surface area contributed by atoms with Crippen LogP contribution in [0, 0.1) is 5.41 Å². The first-order valence-corrected chi connectivity index (χ1v) is 14.5. The van der Waals surface area contributed by atoms with Gasteiger partial charge in [-0.3, -0.25) is 0 Å². The van der Waals surface area contributed by atoms with Gasteiger partial charge in [-0.1, -0.05) is 74.0 Å². The molecule has 1 atom stereocenters. The molecule has 0 fully saturated rings. The summed E-state index contributed by atoms with van der Waals surface area (Å²) < 4.78 is 2.59. The fourth-order valence-corrected chi connectivity index (χ4v) is 7.27. The van der Waals surface area contributed by atoms with Crippen LogP contribution in [0.25, 0.3) is 0 Å². The highest BCUT2D eigenvalue weighted by Crippen LogP contribution is 2.48. The summed E-state index contributed by atoms with van der Waals surface area (Å²) in [7, 11) is 0. The number of para-hydroxylation sites is 1. The van der Waals surface area contributed by atoms with Gasteiger partial charge in [-0.15, -0.1) is 0 Å². The molecule has 2 aliphatic carbocycles. The third-order valence-corrected chi connectivity index (χ3v) is 9.46. The van der Waals surface area contributed by atoms with Crippen LogP contribution in [0.4, 0.5) is 5.69 Å². The molecule has 194 valence electrons. The molecule has 3 heteroatoms. The second-order valence-corrected chi connectivity index (χ2v) is 12.1. The van der Waals surface area contributed by atoms with Gasteiger partial charge in [-0.05, 0) is 75.8 Å². The van der Waals surface area contributed by atoms with Crippen LogP contribution in [0.15, 0.2) is 94.2 Å². The van der Waals surface area contributed by atoms with E-state index in [0.717, 1.165) is 43.8 Å². The van der Waals surface area contributed by atoms with Gasteiger partial charge < -0.3 is 4.90 Å². The Morgan fingerprint density at radius 1 is 1.03 bits per heavy atom. The minimum Gasteiger partial charge on any atom is -0.344 e. The molecular formula is C34H42ClN2+. The van der Waals surface area contributed by atoms with Crippen molar-refractivity contribution in [1.82, 2.24) is 0 Å². The Labute approximate surface area is 229 Å². The minimum absolute atomic E-state index is 0.0219. The zero-order chi connectivity index (χ0) is 26.4.